The van der Waals surface area contributed by atoms with E-state index in [9.17, 15) is 9.59 Å². The second kappa shape index (κ2) is 6.18. The Bertz CT molecular complexity index is 510. The Labute approximate surface area is 129 Å². The van der Waals surface area contributed by atoms with Crippen molar-refractivity contribution >= 4 is 23.2 Å². The molecule has 0 radical (unpaired) electrons. The molecule has 1 unspecified atom stereocenters. The lowest BCUT2D eigenvalue weighted by Gasteiger charge is -2.37. The molecule has 1 saturated heterocycles. The van der Waals surface area contributed by atoms with E-state index in [1.807, 2.05) is 16.3 Å². The van der Waals surface area contributed by atoms with Gasteiger partial charge in [0.05, 0.1) is 11.4 Å². The summed E-state index contributed by atoms with van der Waals surface area (Å²) in [5.74, 6) is 0.754. The number of carbonyl (C=O) groups is 2. The van der Waals surface area contributed by atoms with Crippen LogP contribution in [-0.2, 0) is 4.79 Å². The molecule has 1 aromatic rings. The van der Waals surface area contributed by atoms with Crippen LogP contribution < -0.4 is 0 Å². The fourth-order valence-electron chi connectivity index (χ4n) is 3.37. The quantitative estimate of drug-likeness (QED) is 0.858. The van der Waals surface area contributed by atoms with Crippen LogP contribution >= 0.6 is 11.3 Å². The van der Waals surface area contributed by atoms with Crippen molar-refractivity contribution in [2.45, 2.75) is 38.1 Å². The standard InChI is InChI=1S/C16H22N2O2S/c1-17(16(20)14-8-4-10-21-14)11-15(19)18-9-3-7-13(18)12-5-2-6-12/h4,8,10,12-13H,2-3,5-7,9,11H2,1H3. The average molecular weight is 306 g/mol. The first-order valence-electron chi connectivity index (χ1n) is 7.75. The van der Waals surface area contributed by atoms with E-state index in [4.69, 9.17) is 0 Å². The molecule has 1 atom stereocenters. The van der Waals surface area contributed by atoms with E-state index in [0.29, 0.717) is 16.8 Å². The van der Waals surface area contributed by atoms with E-state index in [1.54, 1.807) is 18.0 Å². The van der Waals surface area contributed by atoms with Gasteiger partial charge in [0.2, 0.25) is 5.91 Å². The Balaban J connectivity index is 1.59. The van der Waals surface area contributed by atoms with Gasteiger partial charge >= 0.3 is 0 Å². The van der Waals surface area contributed by atoms with E-state index in [-0.39, 0.29) is 18.4 Å². The highest BCUT2D eigenvalue weighted by atomic mass is 32.1. The van der Waals surface area contributed by atoms with Crippen molar-refractivity contribution in [3.05, 3.63) is 22.4 Å². The second-order valence-electron chi connectivity index (χ2n) is 6.13. The van der Waals surface area contributed by atoms with Crippen LogP contribution in [0.2, 0.25) is 0 Å². The van der Waals surface area contributed by atoms with E-state index >= 15 is 0 Å². The van der Waals surface area contributed by atoms with Gasteiger partial charge in [-0.25, -0.2) is 0 Å². The summed E-state index contributed by atoms with van der Waals surface area (Å²) in [4.78, 5) is 29.0. The van der Waals surface area contributed by atoms with Crippen molar-refractivity contribution in [1.82, 2.24) is 9.80 Å². The molecule has 4 nitrogen and oxygen atoms in total. The molecule has 3 rings (SSSR count). The maximum atomic E-state index is 12.5. The number of amides is 2. The number of thiophene rings is 1. The summed E-state index contributed by atoms with van der Waals surface area (Å²) in [5.41, 5.74) is 0. The zero-order chi connectivity index (χ0) is 14.8. The molecule has 21 heavy (non-hydrogen) atoms. The highest BCUT2D eigenvalue weighted by molar-refractivity contribution is 7.12. The lowest BCUT2D eigenvalue weighted by atomic mass is 9.79. The first-order valence-corrected chi connectivity index (χ1v) is 8.63. The molecule has 0 bridgehead atoms. The summed E-state index contributed by atoms with van der Waals surface area (Å²) < 4.78 is 0. The minimum absolute atomic E-state index is 0.0576. The predicted octanol–water partition coefficient (Wildman–Crippen LogP) is 2.61. The minimum atomic E-state index is -0.0576. The Hall–Kier alpha value is -1.36. The van der Waals surface area contributed by atoms with Crippen molar-refractivity contribution in [2.75, 3.05) is 20.1 Å². The molecule has 1 aliphatic carbocycles. The Kier molecular flexibility index (Phi) is 4.29. The van der Waals surface area contributed by atoms with E-state index < -0.39 is 0 Å². The largest absolute Gasteiger partial charge is 0.338 e. The summed E-state index contributed by atoms with van der Waals surface area (Å²) >= 11 is 1.42. The van der Waals surface area contributed by atoms with Crippen LogP contribution in [0.5, 0.6) is 0 Å². The van der Waals surface area contributed by atoms with Crippen LogP contribution in [0.3, 0.4) is 0 Å². The van der Waals surface area contributed by atoms with Gasteiger partial charge in [0.1, 0.15) is 0 Å². The molecule has 114 valence electrons. The zero-order valence-electron chi connectivity index (χ0n) is 12.5. The zero-order valence-corrected chi connectivity index (χ0v) is 13.3. The van der Waals surface area contributed by atoms with Crippen molar-refractivity contribution in [3.63, 3.8) is 0 Å². The third-order valence-electron chi connectivity index (χ3n) is 4.76. The number of likely N-dealkylation sites (tertiary alicyclic amines) is 1. The van der Waals surface area contributed by atoms with Crippen molar-refractivity contribution in [1.29, 1.82) is 0 Å². The number of hydrogen-bond acceptors (Lipinski definition) is 3. The van der Waals surface area contributed by atoms with Crippen LogP contribution in [0.1, 0.15) is 41.8 Å². The third kappa shape index (κ3) is 2.98. The highest BCUT2D eigenvalue weighted by Crippen LogP contribution is 2.37. The lowest BCUT2D eigenvalue weighted by molar-refractivity contribution is -0.134. The molecular formula is C16H22N2O2S. The second-order valence-corrected chi connectivity index (χ2v) is 7.07. The summed E-state index contributed by atoms with van der Waals surface area (Å²) in [6, 6.07) is 4.10. The van der Waals surface area contributed by atoms with Crippen molar-refractivity contribution in [2.24, 2.45) is 5.92 Å². The predicted molar refractivity (Wildman–Crippen MR) is 83.4 cm³/mol. The van der Waals surface area contributed by atoms with Gasteiger partial charge in [-0.15, -0.1) is 11.3 Å². The van der Waals surface area contributed by atoms with Gasteiger partial charge in [-0.05, 0) is 43.0 Å². The van der Waals surface area contributed by atoms with Crippen LogP contribution in [0, 0.1) is 5.92 Å². The average Bonchev–Trinajstić information content (AvgIpc) is 3.06. The van der Waals surface area contributed by atoms with Crippen LogP contribution in [-0.4, -0.2) is 47.8 Å². The summed E-state index contributed by atoms with van der Waals surface area (Å²) in [6.45, 7) is 1.06. The fraction of sp³-hybridized carbons (Fsp3) is 0.625. The van der Waals surface area contributed by atoms with Gasteiger partial charge in [0.25, 0.3) is 5.91 Å². The molecule has 2 fully saturated rings. The molecule has 1 saturated carbocycles. The summed E-state index contributed by atoms with van der Waals surface area (Å²) in [5, 5.41) is 1.88. The maximum Gasteiger partial charge on any atom is 0.264 e. The van der Waals surface area contributed by atoms with Crippen molar-refractivity contribution in [3.8, 4) is 0 Å². The fourth-order valence-corrected chi connectivity index (χ4v) is 4.09. The molecule has 0 N–H and O–H groups in total. The van der Waals surface area contributed by atoms with E-state index in [1.165, 1.54) is 30.6 Å². The first-order chi connectivity index (χ1) is 10.2. The number of nitrogens with zero attached hydrogens (tertiary/aromatic N) is 2. The highest BCUT2D eigenvalue weighted by Gasteiger charge is 2.37. The topological polar surface area (TPSA) is 40.6 Å². The SMILES string of the molecule is CN(CC(=O)N1CCCC1C1CCC1)C(=O)c1cccs1. The number of hydrogen-bond donors (Lipinski definition) is 0. The van der Waals surface area contributed by atoms with Gasteiger partial charge < -0.3 is 9.80 Å². The van der Waals surface area contributed by atoms with E-state index in [0.717, 1.165) is 19.4 Å². The third-order valence-corrected chi connectivity index (χ3v) is 5.62. The van der Waals surface area contributed by atoms with Gasteiger partial charge in [-0.2, -0.15) is 0 Å². The number of carbonyl (C=O) groups excluding carboxylic acids is 2. The molecule has 2 amide bonds. The van der Waals surface area contributed by atoms with E-state index in [2.05, 4.69) is 0 Å². The number of rotatable bonds is 4. The maximum absolute atomic E-state index is 12.5. The lowest BCUT2D eigenvalue weighted by Crippen LogP contribution is -2.46. The Morgan fingerprint density at radius 3 is 2.76 bits per heavy atom. The molecule has 0 spiro atoms. The molecule has 1 aliphatic heterocycles. The van der Waals surface area contributed by atoms with Gasteiger partial charge in [-0.3, -0.25) is 9.59 Å². The summed E-state index contributed by atoms with van der Waals surface area (Å²) in [6.07, 6.45) is 6.07. The molecule has 0 aromatic carbocycles. The van der Waals surface area contributed by atoms with Crippen molar-refractivity contribution < 1.29 is 9.59 Å². The first kappa shape index (κ1) is 14.6. The molecule has 2 heterocycles. The van der Waals surface area contributed by atoms with Crippen LogP contribution in [0.15, 0.2) is 17.5 Å². The minimum Gasteiger partial charge on any atom is -0.338 e. The monoisotopic (exact) mass is 306 g/mol. The van der Waals surface area contributed by atoms with Gasteiger partial charge in [0, 0.05) is 19.6 Å². The molecule has 1 aromatic heterocycles. The Morgan fingerprint density at radius 1 is 1.33 bits per heavy atom. The molecule has 5 heteroatoms. The normalized spacial score (nSPS) is 22.1. The smallest absolute Gasteiger partial charge is 0.264 e. The Morgan fingerprint density at radius 2 is 2.14 bits per heavy atom. The van der Waals surface area contributed by atoms with Crippen LogP contribution in [0.25, 0.3) is 0 Å². The van der Waals surface area contributed by atoms with Gasteiger partial charge in [0.15, 0.2) is 0 Å². The molecule has 2 aliphatic rings. The summed E-state index contributed by atoms with van der Waals surface area (Å²) in [7, 11) is 1.72. The van der Waals surface area contributed by atoms with Gasteiger partial charge in [-0.1, -0.05) is 12.5 Å². The molecular weight excluding hydrogens is 284 g/mol. The number of likely N-dealkylation sites (N-methyl/N-ethyl adjacent to an activating group) is 1. The van der Waals surface area contributed by atoms with Crippen LogP contribution in [0.4, 0.5) is 0 Å².